The first-order valence-corrected chi connectivity index (χ1v) is 6.04. The SMILES string of the molecule is CN(CC1(O)CCCC1)c1ccc([N+](=O)[O-])nc1. The molecule has 1 saturated carbocycles. The molecule has 0 atom stereocenters. The van der Waals surface area contributed by atoms with Crippen LogP contribution in [0.2, 0.25) is 0 Å². The Kier molecular flexibility index (Phi) is 3.47. The number of hydrogen-bond acceptors (Lipinski definition) is 5. The van der Waals surface area contributed by atoms with Gasteiger partial charge in [-0.2, -0.15) is 0 Å². The van der Waals surface area contributed by atoms with Crippen LogP contribution >= 0.6 is 0 Å². The van der Waals surface area contributed by atoms with Gasteiger partial charge in [-0.15, -0.1) is 0 Å². The summed E-state index contributed by atoms with van der Waals surface area (Å²) in [5, 5.41) is 20.8. The zero-order valence-corrected chi connectivity index (χ0v) is 10.4. The number of hydrogen-bond donors (Lipinski definition) is 1. The summed E-state index contributed by atoms with van der Waals surface area (Å²) in [6, 6.07) is 3.04. The molecule has 0 spiro atoms. The van der Waals surface area contributed by atoms with Crippen LogP contribution in [0, 0.1) is 10.1 Å². The predicted molar refractivity (Wildman–Crippen MR) is 67.6 cm³/mol. The van der Waals surface area contributed by atoms with Crippen LogP contribution in [0.15, 0.2) is 18.3 Å². The number of pyridine rings is 1. The van der Waals surface area contributed by atoms with Crippen LogP contribution in [-0.2, 0) is 0 Å². The highest BCUT2D eigenvalue weighted by Gasteiger charge is 2.32. The van der Waals surface area contributed by atoms with Crippen LogP contribution in [0.4, 0.5) is 11.5 Å². The molecular formula is C12H17N3O3. The van der Waals surface area contributed by atoms with Crippen LogP contribution in [0.5, 0.6) is 0 Å². The number of likely N-dealkylation sites (N-methyl/N-ethyl adjacent to an activating group) is 1. The molecule has 98 valence electrons. The lowest BCUT2D eigenvalue weighted by molar-refractivity contribution is -0.389. The molecule has 1 N–H and O–H groups in total. The van der Waals surface area contributed by atoms with E-state index in [2.05, 4.69) is 4.98 Å². The van der Waals surface area contributed by atoms with Gasteiger partial charge in [-0.05, 0) is 28.8 Å². The molecular weight excluding hydrogens is 234 g/mol. The third-order valence-electron chi connectivity index (χ3n) is 3.43. The molecule has 0 radical (unpaired) electrons. The van der Waals surface area contributed by atoms with E-state index in [9.17, 15) is 15.2 Å². The lowest BCUT2D eigenvalue weighted by Gasteiger charge is -2.29. The van der Waals surface area contributed by atoms with Gasteiger partial charge in [0.25, 0.3) is 0 Å². The molecule has 1 aromatic rings. The first kappa shape index (κ1) is 12.8. The minimum atomic E-state index is -0.628. The second kappa shape index (κ2) is 4.89. The van der Waals surface area contributed by atoms with Gasteiger partial charge in [0.05, 0.1) is 11.3 Å². The quantitative estimate of drug-likeness (QED) is 0.651. The summed E-state index contributed by atoms with van der Waals surface area (Å²) in [5.41, 5.74) is 0.150. The van der Waals surface area contributed by atoms with E-state index in [0.717, 1.165) is 31.4 Å². The van der Waals surface area contributed by atoms with Gasteiger partial charge in [0.1, 0.15) is 0 Å². The van der Waals surface area contributed by atoms with E-state index in [1.165, 1.54) is 12.3 Å². The fourth-order valence-electron chi connectivity index (χ4n) is 2.44. The Bertz CT molecular complexity index is 427. The molecule has 1 aliphatic rings. The van der Waals surface area contributed by atoms with Gasteiger partial charge in [0.15, 0.2) is 6.20 Å². The molecule has 0 unspecified atom stereocenters. The van der Waals surface area contributed by atoms with Crippen molar-refractivity contribution in [1.82, 2.24) is 4.98 Å². The Labute approximate surface area is 105 Å². The molecule has 1 fully saturated rings. The average Bonchev–Trinajstić information content (AvgIpc) is 2.76. The summed E-state index contributed by atoms with van der Waals surface area (Å²) in [6.07, 6.45) is 5.22. The highest BCUT2D eigenvalue weighted by Crippen LogP contribution is 2.31. The summed E-state index contributed by atoms with van der Waals surface area (Å²) >= 11 is 0. The average molecular weight is 251 g/mol. The van der Waals surface area contributed by atoms with E-state index in [1.54, 1.807) is 6.07 Å². The van der Waals surface area contributed by atoms with Crippen molar-refractivity contribution in [2.45, 2.75) is 31.3 Å². The van der Waals surface area contributed by atoms with Gasteiger partial charge in [-0.3, -0.25) is 0 Å². The zero-order valence-electron chi connectivity index (χ0n) is 10.4. The van der Waals surface area contributed by atoms with Crippen LogP contribution in [0.1, 0.15) is 25.7 Å². The number of aromatic nitrogens is 1. The lowest BCUT2D eigenvalue weighted by Crippen LogP contribution is -2.39. The summed E-state index contributed by atoms with van der Waals surface area (Å²) in [6.45, 7) is 0.534. The summed E-state index contributed by atoms with van der Waals surface area (Å²) in [7, 11) is 1.86. The molecule has 1 heterocycles. The van der Waals surface area contributed by atoms with Crippen molar-refractivity contribution in [2.75, 3.05) is 18.5 Å². The minimum absolute atomic E-state index is 0.160. The van der Waals surface area contributed by atoms with Crippen molar-refractivity contribution >= 4 is 11.5 Å². The first-order chi connectivity index (χ1) is 8.50. The highest BCUT2D eigenvalue weighted by atomic mass is 16.6. The fraction of sp³-hybridized carbons (Fsp3) is 0.583. The molecule has 18 heavy (non-hydrogen) atoms. The molecule has 0 saturated heterocycles. The molecule has 2 rings (SSSR count). The molecule has 0 bridgehead atoms. The minimum Gasteiger partial charge on any atom is -0.388 e. The topological polar surface area (TPSA) is 79.5 Å². The number of nitrogens with zero attached hydrogens (tertiary/aromatic N) is 3. The number of anilines is 1. The van der Waals surface area contributed by atoms with Gasteiger partial charge in [-0.1, -0.05) is 12.8 Å². The second-order valence-corrected chi connectivity index (χ2v) is 4.92. The van der Waals surface area contributed by atoms with Crippen LogP contribution in [-0.4, -0.2) is 34.2 Å². The van der Waals surface area contributed by atoms with Gasteiger partial charge >= 0.3 is 5.82 Å². The maximum atomic E-state index is 10.5. The van der Waals surface area contributed by atoms with Crippen LogP contribution in [0.3, 0.4) is 0 Å². The molecule has 1 aliphatic carbocycles. The van der Waals surface area contributed by atoms with Crippen molar-refractivity contribution in [2.24, 2.45) is 0 Å². The maximum Gasteiger partial charge on any atom is 0.363 e. The Morgan fingerprint density at radius 2 is 2.17 bits per heavy atom. The normalized spacial score (nSPS) is 17.7. The summed E-state index contributed by atoms with van der Waals surface area (Å²) in [5.74, 6) is -0.160. The van der Waals surface area contributed by atoms with Crippen molar-refractivity contribution < 1.29 is 10.0 Å². The van der Waals surface area contributed by atoms with E-state index >= 15 is 0 Å². The Morgan fingerprint density at radius 1 is 1.50 bits per heavy atom. The van der Waals surface area contributed by atoms with Crippen molar-refractivity contribution in [3.05, 3.63) is 28.4 Å². The zero-order chi connectivity index (χ0) is 13.2. The standard InChI is InChI=1S/C12H17N3O3/c1-14(9-12(16)6-2-3-7-12)10-4-5-11(13-8-10)15(17)18/h4-5,8,16H,2-3,6-7,9H2,1H3. The van der Waals surface area contributed by atoms with E-state index < -0.39 is 10.5 Å². The third-order valence-corrected chi connectivity index (χ3v) is 3.43. The molecule has 0 aliphatic heterocycles. The molecule has 6 nitrogen and oxygen atoms in total. The van der Waals surface area contributed by atoms with Crippen LogP contribution < -0.4 is 4.90 Å². The summed E-state index contributed by atoms with van der Waals surface area (Å²) < 4.78 is 0. The predicted octanol–water partition coefficient (Wildman–Crippen LogP) is 1.73. The maximum absolute atomic E-state index is 10.5. The fourth-order valence-corrected chi connectivity index (χ4v) is 2.44. The monoisotopic (exact) mass is 251 g/mol. The smallest absolute Gasteiger partial charge is 0.363 e. The first-order valence-electron chi connectivity index (χ1n) is 6.04. The molecule has 0 amide bonds. The van der Waals surface area contributed by atoms with Crippen molar-refractivity contribution in [3.8, 4) is 0 Å². The third kappa shape index (κ3) is 2.76. The largest absolute Gasteiger partial charge is 0.388 e. The Morgan fingerprint density at radius 3 is 2.67 bits per heavy atom. The van der Waals surface area contributed by atoms with E-state index in [4.69, 9.17) is 0 Å². The number of nitro groups is 1. The van der Waals surface area contributed by atoms with Crippen molar-refractivity contribution in [3.63, 3.8) is 0 Å². The van der Waals surface area contributed by atoms with Gasteiger partial charge in [0, 0.05) is 19.7 Å². The van der Waals surface area contributed by atoms with Gasteiger partial charge in [0.2, 0.25) is 0 Å². The van der Waals surface area contributed by atoms with Crippen LogP contribution in [0.25, 0.3) is 0 Å². The molecule has 1 aromatic heterocycles. The van der Waals surface area contributed by atoms with Gasteiger partial charge < -0.3 is 20.1 Å². The Hall–Kier alpha value is -1.69. The summed E-state index contributed by atoms with van der Waals surface area (Å²) in [4.78, 5) is 15.6. The van der Waals surface area contributed by atoms with E-state index in [-0.39, 0.29) is 5.82 Å². The second-order valence-electron chi connectivity index (χ2n) is 4.92. The van der Waals surface area contributed by atoms with E-state index in [1.807, 2.05) is 11.9 Å². The Balaban J connectivity index is 2.04. The number of aliphatic hydroxyl groups is 1. The lowest BCUT2D eigenvalue weighted by atomic mass is 10.0. The highest BCUT2D eigenvalue weighted by molar-refractivity contribution is 5.46. The molecule has 0 aromatic carbocycles. The van der Waals surface area contributed by atoms with Crippen molar-refractivity contribution in [1.29, 1.82) is 0 Å². The number of rotatable bonds is 4. The van der Waals surface area contributed by atoms with Gasteiger partial charge in [-0.25, -0.2) is 0 Å². The molecule has 6 heteroatoms. The van der Waals surface area contributed by atoms with E-state index in [0.29, 0.717) is 6.54 Å².